The van der Waals surface area contributed by atoms with Crippen molar-refractivity contribution < 1.29 is 14.6 Å². The maximum atomic E-state index is 12.0. The number of amides is 1. The Kier molecular flexibility index (Phi) is 6.78. The molecule has 0 saturated carbocycles. The van der Waals surface area contributed by atoms with Crippen LogP contribution in [0.15, 0.2) is 84.0 Å². The third kappa shape index (κ3) is 5.19. The molecule has 0 saturated heterocycles. The van der Waals surface area contributed by atoms with Crippen LogP contribution in [0.3, 0.4) is 0 Å². The van der Waals surface area contributed by atoms with Crippen molar-refractivity contribution in [2.24, 2.45) is 5.10 Å². The van der Waals surface area contributed by atoms with Crippen molar-refractivity contribution in [3.8, 4) is 5.75 Å². The van der Waals surface area contributed by atoms with Crippen molar-refractivity contribution in [3.05, 3.63) is 101 Å². The molecule has 1 amide bonds. The number of halogens is 1. The summed E-state index contributed by atoms with van der Waals surface area (Å²) in [5, 5.41) is 14.6. The molecule has 0 spiro atoms. The molecule has 3 aromatic carbocycles. The van der Waals surface area contributed by atoms with E-state index in [0.717, 1.165) is 5.56 Å². The zero-order valence-corrected chi connectivity index (χ0v) is 15.7. The van der Waals surface area contributed by atoms with Crippen molar-refractivity contribution in [3.63, 3.8) is 0 Å². The van der Waals surface area contributed by atoms with Crippen LogP contribution in [0.5, 0.6) is 5.75 Å². The second-order valence-electron chi connectivity index (χ2n) is 5.97. The van der Waals surface area contributed by atoms with E-state index in [4.69, 9.17) is 16.3 Å². The first-order valence-electron chi connectivity index (χ1n) is 8.66. The van der Waals surface area contributed by atoms with E-state index < -0.39 is 12.0 Å². The predicted molar refractivity (Wildman–Crippen MR) is 109 cm³/mol. The molecule has 142 valence electrons. The zero-order chi connectivity index (χ0) is 19.8. The summed E-state index contributed by atoms with van der Waals surface area (Å²) >= 11 is 6.15. The van der Waals surface area contributed by atoms with Crippen LogP contribution in [0.2, 0.25) is 5.02 Å². The highest BCUT2D eigenvalue weighted by molar-refractivity contribution is 6.31. The van der Waals surface area contributed by atoms with Crippen LogP contribution >= 0.6 is 11.6 Å². The van der Waals surface area contributed by atoms with Gasteiger partial charge < -0.3 is 9.84 Å². The van der Waals surface area contributed by atoms with Crippen LogP contribution in [-0.2, 0) is 11.4 Å². The number of aliphatic hydroxyl groups excluding tert-OH is 1. The smallest absolute Gasteiger partial charge is 0.273 e. The number of rotatable bonds is 7. The number of nitrogens with zero attached hydrogens (tertiary/aromatic N) is 1. The normalized spacial score (nSPS) is 11.9. The molecule has 5 nitrogen and oxygen atoms in total. The highest BCUT2D eigenvalue weighted by atomic mass is 35.5. The van der Waals surface area contributed by atoms with Gasteiger partial charge in [-0.1, -0.05) is 72.3 Å². The number of ether oxygens (including phenoxy) is 1. The molecule has 28 heavy (non-hydrogen) atoms. The number of carbonyl (C=O) groups is 1. The summed E-state index contributed by atoms with van der Waals surface area (Å²) in [6.07, 6.45) is 0.183. The van der Waals surface area contributed by atoms with E-state index >= 15 is 0 Å². The second-order valence-corrected chi connectivity index (χ2v) is 6.37. The number of aliphatic hydroxyl groups is 1. The molecule has 3 rings (SSSR count). The molecule has 2 N–H and O–H groups in total. The summed E-state index contributed by atoms with van der Waals surface area (Å²) in [4.78, 5) is 12.0. The Bertz CT molecular complexity index is 961. The lowest BCUT2D eigenvalue weighted by atomic mass is 10.1. The Balaban J connectivity index is 1.63. The first-order valence-corrected chi connectivity index (χ1v) is 9.04. The fraction of sp³-hybridized carbons (Fsp3) is 0.0909. The van der Waals surface area contributed by atoms with E-state index in [1.54, 1.807) is 36.4 Å². The molecule has 0 aliphatic carbocycles. The van der Waals surface area contributed by atoms with Gasteiger partial charge in [-0.2, -0.15) is 5.10 Å². The first-order chi connectivity index (χ1) is 13.6. The number of benzene rings is 3. The number of hydrazone groups is 1. The largest absolute Gasteiger partial charge is 0.488 e. The minimum absolute atomic E-state index is 0.309. The maximum absolute atomic E-state index is 12.0. The molecule has 0 radical (unpaired) electrons. The Morgan fingerprint density at radius 1 is 1.04 bits per heavy atom. The minimum atomic E-state index is -1.29. The van der Waals surface area contributed by atoms with E-state index in [-0.39, 0.29) is 0 Å². The summed E-state index contributed by atoms with van der Waals surface area (Å²) in [6.45, 7) is 0.309. The third-order valence-corrected chi connectivity index (χ3v) is 4.37. The molecular formula is C22H19ClN2O3. The fourth-order valence-corrected chi connectivity index (χ4v) is 2.69. The quantitative estimate of drug-likeness (QED) is 0.468. The Morgan fingerprint density at radius 2 is 1.71 bits per heavy atom. The molecule has 0 fully saturated rings. The van der Waals surface area contributed by atoms with E-state index in [9.17, 15) is 9.90 Å². The van der Waals surface area contributed by atoms with E-state index in [1.165, 1.54) is 6.21 Å². The van der Waals surface area contributed by atoms with E-state index in [2.05, 4.69) is 10.5 Å². The average Bonchev–Trinajstić information content (AvgIpc) is 2.74. The molecule has 1 atom stereocenters. The fourth-order valence-electron chi connectivity index (χ4n) is 2.50. The van der Waals surface area contributed by atoms with Crippen LogP contribution < -0.4 is 10.2 Å². The number of hydrogen-bond donors (Lipinski definition) is 2. The van der Waals surface area contributed by atoms with Gasteiger partial charge in [-0.25, -0.2) is 5.43 Å². The molecular weight excluding hydrogens is 376 g/mol. The number of nitrogens with one attached hydrogen (secondary N) is 1. The first kappa shape index (κ1) is 19.6. The highest BCUT2D eigenvalue weighted by Crippen LogP contribution is 2.21. The third-order valence-electron chi connectivity index (χ3n) is 4.00. The van der Waals surface area contributed by atoms with Crippen LogP contribution in [-0.4, -0.2) is 17.2 Å². The van der Waals surface area contributed by atoms with Gasteiger partial charge >= 0.3 is 0 Å². The van der Waals surface area contributed by atoms with Crippen LogP contribution in [0.1, 0.15) is 22.8 Å². The van der Waals surface area contributed by atoms with Crippen molar-refractivity contribution in [1.29, 1.82) is 0 Å². The molecule has 0 aliphatic rings. The van der Waals surface area contributed by atoms with Gasteiger partial charge in [0.15, 0.2) is 6.10 Å². The SMILES string of the molecule is O=C(N/N=C\c1ccccc1OCc1ccccc1Cl)[C@@H](O)c1ccccc1. The lowest BCUT2D eigenvalue weighted by Crippen LogP contribution is -2.25. The van der Waals surface area contributed by atoms with Gasteiger partial charge in [-0.3, -0.25) is 4.79 Å². The Morgan fingerprint density at radius 3 is 2.50 bits per heavy atom. The molecule has 0 unspecified atom stereocenters. The monoisotopic (exact) mass is 394 g/mol. The van der Waals surface area contributed by atoms with Crippen LogP contribution in [0.4, 0.5) is 0 Å². The summed E-state index contributed by atoms with van der Waals surface area (Å²) in [7, 11) is 0. The summed E-state index contributed by atoms with van der Waals surface area (Å²) in [6, 6.07) is 23.4. The summed E-state index contributed by atoms with van der Waals surface area (Å²) < 4.78 is 5.84. The van der Waals surface area contributed by atoms with Gasteiger partial charge in [-0.05, 0) is 23.8 Å². The predicted octanol–water partition coefficient (Wildman–Crippen LogP) is 4.10. The molecule has 6 heteroatoms. The summed E-state index contributed by atoms with van der Waals surface area (Å²) in [5.74, 6) is -0.0130. The van der Waals surface area contributed by atoms with Crippen molar-refractivity contribution in [2.45, 2.75) is 12.7 Å². The van der Waals surface area contributed by atoms with Crippen molar-refractivity contribution in [1.82, 2.24) is 5.43 Å². The lowest BCUT2D eigenvalue weighted by Gasteiger charge is -2.10. The summed E-state index contributed by atoms with van der Waals surface area (Å²) in [5.41, 5.74) is 4.40. The number of hydrogen-bond acceptors (Lipinski definition) is 4. The Labute approximate surface area is 168 Å². The number of para-hydroxylation sites is 1. The molecule has 3 aromatic rings. The van der Waals surface area contributed by atoms with Crippen LogP contribution in [0.25, 0.3) is 0 Å². The van der Waals surface area contributed by atoms with Crippen molar-refractivity contribution in [2.75, 3.05) is 0 Å². The van der Waals surface area contributed by atoms with Crippen LogP contribution in [0, 0.1) is 0 Å². The van der Waals surface area contributed by atoms with E-state index in [0.29, 0.717) is 28.5 Å². The zero-order valence-electron chi connectivity index (χ0n) is 15.0. The average molecular weight is 395 g/mol. The molecule has 0 aliphatic heterocycles. The van der Waals surface area contributed by atoms with Gasteiger partial charge in [-0.15, -0.1) is 0 Å². The van der Waals surface area contributed by atoms with Gasteiger partial charge in [0.2, 0.25) is 0 Å². The Hall–Kier alpha value is -3.15. The lowest BCUT2D eigenvalue weighted by molar-refractivity contribution is -0.129. The standard InChI is InChI=1S/C22H19ClN2O3/c23-19-12-6-4-11-18(19)15-28-20-13-7-5-10-17(20)14-24-25-22(27)21(26)16-8-2-1-3-9-16/h1-14,21,26H,15H2,(H,25,27)/b24-14-/t21-/m0/s1. The van der Waals surface area contributed by atoms with Gasteiger partial charge in [0.05, 0.1) is 6.21 Å². The molecule has 0 bridgehead atoms. The maximum Gasteiger partial charge on any atom is 0.273 e. The highest BCUT2D eigenvalue weighted by Gasteiger charge is 2.16. The van der Waals surface area contributed by atoms with Gasteiger partial charge in [0.25, 0.3) is 5.91 Å². The van der Waals surface area contributed by atoms with Gasteiger partial charge in [0, 0.05) is 16.1 Å². The topological polar surface area (TPSA) is 70.9 Å². The second kappa shape index (κ2) is 9.69. The van der Waals surface area contributed by atoms with Crippen molar-refractivity contribution >= 4 is 23.7 Å². The molecule has 0 heterocycles. The number of carbonyl (C=O) groups excluding carboxylic acids is 1. The molecule has 0 aromatic heterocycles. The minimum Gasteiger partial charge on any atom is -0.488 e. The van der Waals surface area contributed by atoms with E-state index in [1.807, 2.05) is 42.5 Å². The van der Waals surface area contributed by atoms with Gasteiger partial charge in [0.1, 0.15) is 12.4 Å².